The lowest BCUT2D eigenvalue weighted by Crippen LogP contribution is -2.13. The molecule has 108 valence electrons. The fraction of sp³-hybridized carbons (Fsp3) is 0.615. The standard InChI is InChI=1S/C13H22N2O4/c1-11-3-4-15-13(12(11)14)19-10-9-18-8-7-17-6-5-16-2/h3-4H,5-10,14H2,1-2H3. The Bertz CT molecular complexity index is 360. The van der Waals surface area contributed by atoms with E-state index in [-0.39, 0.29) is 0 Å². The molecule has 0 aliphatic rings. The van der Waals surface area contributed by atoms with E-state index in [1.807, 2.05) is 13.0 Å². The molecule has 0 amide bonds. The average molecular weight is 270 g/mol. The average Bonchev–Trinajstić information content (AvgIpc) is 2.41. The Morgan fingerprint density at radius 1 is 1.05 bits per heavy atom. The van der Waals surface area contributed by atoms with Crippen LogP contribution in [-0.4, -0.2) is 51.7 Å². The molecular formula is C13H22N2O4. The van der Waals surface area contributed by atoms with Crippen molar-refractivity contribution in [3.8, 4) is 5.88 Å². The highest BCUT2D eigenvalue weighted by Gasteiger charge is 2.03. The van der Waals surface area contributed by atoms with Gasteiger partial charge >= 0.3 is 0 Å². The van der Waals surface area contributed by atoms with Crippen LogP contribution in [0, 0.1) is 6.92 Å². The Kier molecular flexibility index (Phi) is 7.88. The van der Waals surface area contributed by atoms with Crippen molar-refractivity contribution in [2.75, 3.05) is 52.5 Å². The van der Waals surface area contributed by atoms with Gasteiger partial charge in [-0.15, -0.1) is 0 Å². The molecule has 0 aromatic carbocycles. The lowest BCUT2D eigenvalue weighted by atomic mass is 10.2. The molecule has 1 rings (SSSR count). The predicted molar refractivity (Wildman–Crippen MR) is 72.4 cm³/mol. The summed E-state index contributed by atoms with van der Waals surface area (Å²) in [7, 11) is 1.64. The van der Waals surface area contributed by atoms with E-state index in [0.717, 1.165) is 5.56 Å². The molecule has 0 aliphatic heterocycles. The van der Waals surface area contributed by atoms with Gasteiger partial charge in [-0.25, -0.2) is 4.98 Å². The van der Waals surface area contributed by atoms with Gasteiger partial charge in [0.05, 0.1) is 38.7 Å². The summed E-state index contributed by atoms with van der Waals surface area (Å²) in [4.78, 5) is 4.07. The highest BCUT2D eigenvalue weighted by atomic mass is 16.6. The number of rotatable bonds is 10. The molecule has 0 aliphatic carbocycles. The van der Waals surface area contributed by atoms with E-state index in [2.05, 4.69) is 4.98 Å². The molecule has 6 heteroatoms. The minimum absolute atomic E-state index is 0.415. The molecule has 0 atom stereocenters. The Hall–Kier alpha value is -1.37. The summed E-state index contributed by atoms with van der Waals surface area (Å²) >= 11 is 0. The molecule has 1 aromatic heterocycles. The van der Waals surface area contributed by atoms with Gasteiger partial charge in [0.2, 0.25) is 5.88 Å². The summed E-state index contributed by atoms with van der Waals surface area (Å²) in [6.07, 6.45) is 1.67. The number of ether oxygens (including phenoxy) is 4. The van der Waals surface area contributed by atoms with Crippen molar-refractivity contribution in [1.82, 2.24) is 4.98 Å². The van der Waals surface area contributed by atoms with E-state index in [4.69, 9.17) is 24.7 Å². The predicted octanol–water partition coefficient (Wildman–Crippen LogP) is 1.03. The van der Waals surface area contributed by atoms with E-state index >= 15 is 0 Å². The minimum atomic E-state index is 0.415. The van der Waals surface area contributed by atoms with Crippen molar-refractivity contribution in [2.45, 2.75) is 6.92 Å². The minimum Gasteiger partial charge on any atom is -0.474 e. The van der Waals surface area contributed by atoms with Gasteiger partial charge < -0.3 is 24.7 Å². The molecule has 0 saturated carbocycles. The number of anilines is 1. The van der Waals surface area contributed by atoms with E-state index in [9.17, 15) is 0 Å². The van der Waals surface area contributed by atoms with E-state index in [1.165, 1.54) is 0 Å². The number of nitrogens with zero attached hydrogens (tertiary/aromatic N) is 1. The quantitative estimate of drug-likeness (QED) is 0.640. The highest BCUT2D eigenvalue weighted by Crippen LogP contribution is 2.20. The molecule has 0 fully saturated rings. The molecule has 1 aromatic rings. The van der Waals surface area contributed by atoms with Crippen molar-refractivity contribution in [3.63, 3.8) is 0 Å². The van der Waals surface area contributed by atoms with Crippen molar-refractivity contribution >= 4 is 5.69 Å². The van der Waals surface area contributed by atoms with Gasteiger partial charge in [0.25, 0.3) is 0 Å². The zero-order valence-electron chi connectivity index (χ0n) is 11.6. The van der Waals surface area contributed by atoms with Crippen molar-refractivity contribution < 1.29 is 18.9 Å². The summed E-state index contributed by atoms with van der Waals surface area (Å²) in [6, 6.07) is 1.84. The first-order valence-corrected chi connectivity index (χ1v) is 6.24. The van der Waals surface area contributed by atoms with Crippen LogP contribution in [-0.2, 0) is 14.2 Å². The summed E-state index contributed by atoms with van der Waals surface area (Å²) in [6.45, 7) is 5.07. The maximum Gasteiger partial charge on any atom is 0.237 e. The first-order chi connectivity index (χ1) is 9.25. The van der Waals surface area contributed by atoms with Gasteiger partial charge in [0.1, 0.15) is 6.61 Å². The molecule has 19 heavy (non-hydrogen) atoms. The maximum atomic E-state index is 5.83. The Morgan fingerprint density at radius 2 is 1.68 bits per heavy atom. The Labute approximate surface area is 113 Å². The lowest BCUT2D eigenvalue weighted by Gasteiger charge is -2.09. The van der Waals surface area contributed by atoms with Crippen LogP contribution < -0.4 is 10.5 Å². The normalized spacial score (nSPS) is 10.6. The number of methoxy groups -OCH3 is 1. The number of aryl methyl sites for hydroxylation is 1. The fourth-order valence-electron chi connectivity index (χ4n) is 1.32. The molecular weight excluding hydrogens is 248 g/mol. The first kappa shape index (κ1) is 15.7. The van der Waals surface area contributed by atoms with Crippen LogP contribution in [0.2, 0.25) is 0 Å². The first-order valence-electron chi connectivity index (χ1n) is 6.24. The van der Waals surface area contributed by atoms with Gasteiger partial charge in [-0.3, -0.25) is 0 Å². The van der Waals surface area contributed by atoms with Gasteiger partial charge in [0.15, 0.2) is 0 Å². The zero-order valence-corrected chi connectivity index (χ0v) is 11.6. The number of pyridine rings is 1. The lowest BCUT2D eigenvalue weighted by molar-refractivity contribution is 0.0177. The summed E-state index contributed by atoms with van der Waals surface area (Å²) < 4.78 is 20.9. The molecule has 1 heterocycles. The SMILES string of the molecule is COCCOCCOCCOc1nccc(C)c1N. The smallest absolute Gasteiger partial charge is 0.237 e. The van der Waals surface area contributed by atoms with Crippen molar-refractivity contribution in [3.05, 3.63) is 17.8 Å². The third-order valence-electron chi connectivity index (χ3n) is 2.44. The van der Waals surface area contributed by atoms with Gasteiger partial charge in [-0.2, -0.15) is 0 Å². The number of nitrogen functional groups attached to an aromatic ring is 1. The fourth-order valence-corrected chi connectivity index (χ4v) is 1.32. The summed E-state index contributed by atoms with van der Waals surface area (Å²) in [5.41, 5.74) is 7.36. The molecule has 0 unspecified atom stereocenters. The van der Waals surface area contributed by atoms with Gasteiger partial charge in [0, 0.05) is 13.3 Å². The van der Waals surface area contributed by atoms with Crippen LogP contribution in [0.5, 0.6) is 5.88 Å². The monoisotopic (exact) mass is 270 g/mol. The van der Waals surface area contributed by atoms with E-state index in [1.54, 1.807) is 13.3 Å². The van der Waals surface area contributed by atoms with Crippen LogP contribution in [0.1, 0.15) is 5.56 Å². The van der Waals surface area contributed by atoms with Gasteiger partial charge in [-0.1, -0.05) is 0 Å². The second-order valence-electron chi connectivity index (χ2n) is 3.91. The second-order valence-corrected chi connectivity index (χ2v) is 3.91. The van der Waals surface area contributed by atoms with Crippen LogP contribution >= 0.6 is 0 Å². The van der Waals surface area contributed by atoms with Crippen LogP contribution in [0.3, 0.4) is 0 Å². The summed E-state index contributed by atoms with van der Waals surface area (Å²) in [5.74, 6) is 0.458. The molecule has 0 spiro atoms. The number of hydrogen-bond acceptors (Lipinski definition) is 6. The number of nitrogens with two attached hydrogens (primary N) is 1. The van der Waals surface area contributed by atoms with E-state index < -0.39 is 0 Å². The maximum absolute atomic E-state index is 5.83. The zero-order chi connectivity index (χ0) is 13.9. The molecule has 2 N–H and O–H groups in total. The number of hydrogen-bond donors (Lipinski definition) is 1. The molecule has 6 nitrogen and oxygen atoms in total. The van der Waals surface area contributed by atoms with Crippen LogP contribution in [0.4, 0.5) is 5.69 Å². The van der Waals surface area contributed by atoms with Crippen molar-refractivity contribution in [1.29, 1.82) is 0 Å². The molecule has 0 saturated heterocycles. The third kappa shape index (κ3) is 6.37. The second kappa shape index (κ2) is 9.55. The Balaban J connectivity index is 2.03. The van der Waals surface area contributed by atoms with E-state index in [0.29, 0.717) is 51.2 Å². The number of aromatic nitrogens is 1. The van der Waals surface area contributed by atoms with Crippen LogP contribution in [0.15, 0.2) is 12.3 Å². The highest BCUT2D eigenvalue weighted by molar-refractivity contribution is 5.53. The van der Waals surface area contributed by atoms with Gasteiger partial charge in [-0.05, 0) is 18.6 Å². The Morgan fingerprint density at radius 3 is 2.37 bits per heavy atom. The van der Waals surface area contributed by atoms with Crippen molar-refractivity contribution in [2.24, 2.45) is 0 Å². The summed E-state index contributed by atoms with van der Waals surface area (Å²) in [5, 5.41) is 0. The van der Waals surface area contributed by atoms with Crippen LogP contribution in [0.25, 0.3) is 0 Å². The topological polar surface area (TPSA) is 75.8 Å². The molecule has 0 radical (unpaired) electrons. The molecule has 0 bridgehead atoms. The third-order valence-corrected chi connectivity index (χ3v) is 2.44. The largest absolute Gasteiger partial charge is 0.474 e.